The summed E-state index contributed by atoms with van der Waals surface area (Å²) in [6.07, 6.45) is -0.376. The van der Waals surface area contributed by atoms with Crippen LogP contribution in [0, 0.1) is 6.92 Å². The third-order valence-corrected chi connectivity index (χ3v) is 6.45. The molecular weight excluding hydrogens is 363 g/mol. The molecule has 0 spiro atoms. The van der Waals surface area contributed by atoms with Crippen LogP contribution in [-0.4, -0.2) is 22.1 Å². The minimum atomic E-state index is -4.40. The van der Waals surface area contributed by atoms with Crippen LogP contribution in [0.15, 0.2) is 48.5 Å². The van der Waals surface area contributed by atoms with Crippen molar-refractivity contribution in [3.05, 3.63) is 70.8 Å². The van der Waals surface area contributed by atoms with Crippen molar-refractivity contribution < 1.29 is 18.3 Å². The minimum absolute atomic E-state index is 0.188. The molecule has 0 aliphatic carbocycles. The van der Waals surface area contributed by atoms with Crippen molar-refractivity contribution in [2.75, 3.05) is 0 Å². The van der Waals surface area contributed by atoms with Crippen molar-refractivity contribution in [1.29, 1.82) is 0 Å². The molecule has 2 fully saturated rings. The normalized spacial score (nSPS) is 28.3. The van der Waals surface area contributed by atoms with Gasteiger partial charge in [-0.3, -0.25) is 4.90 Å². The molecule has 4 rings (SSSR count). The lowest BCUT2D eigenvalue weighted by Gasteiger charge is -2.52. The Kier molecular flexibility index (Phi) is 5.00. The van der Waals surface area contributed by atoms with E-state index < -0.39 is 17.3 Å². The van der Waals surface area contributed by atoms with E-state index >= 15 is 0 Å². The number of aryl methyl sites for hydroxylation is 1. The van der Waals surface area contributed by atoms with Gasteiger partial charge in [-0.2, -0.15) is 13.2 Å². The molecule has 0 saturated carbocycles. The highest BCUT2D eigenvalue weighted by Crippen LogP contribution is 2.46. The van der Waals surface area contributed by atoms with E-state index in [-0.39, 0.29) is 17.6 Å². The Bertz CT molecular complexity index is 819. The summed E-state index contributed by atoms with van der Waals surface area (Å²) < 4.78 is 40.1. The molecule has 1 N–H and O–H groups in total. The lowest BCUT2D eigenvalue weighted by atomic mass is 9.72. The summed E-state index contributed by atoms with van der Waals surface area (Å²) in [7, 11) is 0. The van der Waals surface area contributed by atoms with Crippen LogP contribution < -0.4 is 0 Å². The highest BCUT2D eigenvalue weighted by Gasteiger charge is 2.47. The van der Waals surface area contributed by atoms with Crippen LogP contribution >= 0.6 is 0 Å². The van der Waals surface area contributed by atoms with Crippen LogP contribution in [0.2, 0.25) is 0 Å². The Morgan fingerprint density at radius 1 is 1.04 bits per heavy atom. The predicted octanol–water partition coefficient (Wildman–Crippen LogP) is 5.42. The summed E-state index contributed by atoms with van der Waals surface area (Å²) in [4.78, 5) is 2.45. The fourth-order valence-corrected chi connectivity index (χ4v) is 5.03. The third-order valence-electron chi connectivity index (χ3n) is 6.45. The molecule has 2 bridgehead atoms. The maximum Gasteiger partial charge on any atom is 0.416 e. The van der Waals surface area contributed by atoms with E-state index in [0.717, 1.165) is 31.9 Å². The van der Waals surface area contributed by atoms with Gasteiger partial charge in [0.05, 0.1) is 11.2 Å². The van der Waals surface area contributed by atoms with Crippen LogP contribution in [-0.2, 0) is 18.3 Å². The van der Waals surface area contributed by atoms with E-state index in [9.17, 15) is 18.3 Å². The first-order chi connectivity index (χ1) is 13.3. The molecule has 2 nitrogen and oxygen atoms in total. The van der Waals surface area contributed by atoms with Crippen LogP contribution in [0.25, 0.3) is 0 Å². The van der Waals surface area contributed by atoms with Crippen molar-refractivity contribution in [3.63, 3.8) is 0 Å². The molecule has 2 aromatic carbocycles. The van der Waals surface area contributed by atoms with E-state index in [0.29, 0.717) is 18.4 Å². The van der Waals surface area contributed by atoms with Gasteiger partial charge in [0.2, 0.25) is 0 Å². The van der Waals surface area contributed by atoms with Gasteiger partial charge < -0.3 is 5.11 Å². The number of halogens is 3. The highest BCUT2D eigenvalue weighted by atomic mass is 19.4. The number of hydrogen-bond acceptors (Lipinski definition) is 2. The van der Waals surface area contributed by atoms with Crippen molar-refractivity contribution in [2.24, 2.45) is 0 Å². The highest BCUT2D eigenvalue weighted by molar-refractivity contribution is 5.37. The van der Waals surface area contributed by atoms with E-state index in [1.54, 1.807) is 6.07 Å². The van der Waals surface area contributed by atoms with Crippen LogP contribution in [0.4, 0.5) is 13.2 Å². The molecule has 2 aliphatic heterocycles. The largest absolute Gasteiger partial charge is 0.416 e. The van der Waals surface area contributed by atoms with Gasteiger partial charge in [-0.05, 0) is 55.4 Å². The molecule has 2 saturated heterocycles. The molecule has 0 aromatic heterocycles. The smallest absolute Gasteiger partial charge is 0.385 e. The van der Waals surface area contributed by atoms with Gasteiger partial charge in [-0.25, -0.2) is 0 Å². The molecule has 0 amide bonds. The van der Waals surface area contributed by atoms with Crippen molar-refractivity contribution in [1.82, 2.24) is 4.90 Å². The van der Waals surface area contributed by atoms with E-state index in [4.69, 9.17) is 0 Å². The first-order valence-electron chi connectivity index (χ1n) is 9.97. The number of benzene rings is 2. The van der Waals surface area contributed by atoms with Crippen molar-refractivity contribution in [2.45, 2.75) is 69.4 Å². The van der Waals surface area contributed by atoms with Crippen LogP contribution in [0.5, 0.6) is 0 Å². The molecule has 2 atom stereocenters. The number of alkyl halides is 3. The Labute approximate surface area is 164 Å². The lowest BCUT2D eigenvalue weighted by molar-refractivity contribution is -0.138. The summed E-state index contributed by atoms with van der Waals surface area (Å²) in [5, 5.41) is 11.4. The van der Waals surface area contributed by atoms with E-state index in [1.807, 2.05) is 18.2 Å². The van der Waals surface area contributed by atoms with Gasteiger partial charge in [-0.15, -0.1) is 0 Å². The van der Waals surface area contributed by atoms with Crippen molar-refractivity contribution >= 4 is 0 Å². The number of hydrogen-bond donors (Lipinski definition) is 1. The number of rotatable bonds is 3. The summed E-state index contributed by atoms with van der Waals surface area (Å²) in [5.41, 5.74) is -0.00511. The van der Waals surface area contributed by atoms with Gasteiger partial charge in [0, 0.05) is 18.6 Å². The average molecular weight is 389 g/mol. The molecule has 2 aromatic rings. The number of fused-ring (bicyclic) bond motifs is 2. The maximum atomic E-state index is 13.4. The number of piperidine rings is 2. The van der Waals surface area contributed by atoms with E-state index in [2.05, 4.69) is 17.0 Å². The van der Waals surface area contributed by atoms with Crippen LogP contribution in [0.3, 0.4) is 0 Å². The first kappa shape index (κ1) is 19.5. The molecule has 28 heavy (non-hydrogen) atoms. The molecule has 2 unspecified atom stereocenters. The first-order valence-corrected chi connectivity index (χ1v) is 9.97. The topological polar surface area (TPSA) is 23.5 Å². The molecular formula is C23H26F3NO. The molecule has 5 heteroatoms. The number of nitrogens with zero attached hydrogens (tertiary/aromatic N) is 1. The van der Waals surface area contributed by atoms with Gasteiger partial charge in [0.1, 0.15) is 0 Å². The van der Waals surface area contributed by atoms with Gasteiger partial charge in [-0.1, -0.05) is 48.9 Å². The molecule has 2 aliphatic rings. The Balaban J connectivity index is 1.61. The maximum absolute atomic E-state index is 13.4. The second-order valence-corrected chi connectivity index (χ2v) is 8.36. The standard InChI is InChI=1S/C23H26F3NO/c1-16-10-11-18(12-21(16)23(24,25)26)22(28)13-19-8-5-9-20(14-22)27(19)15-17-6-3-2-4-7-17/h2-4,6-7,10-12,19-20,28H,5,8-9,13-15H2,1H3. The second-order valence-electron chi connectivity index (χ2n) is 8.36. The molecule has 0 radical (unpaired) electrons. The number of aliphatic hydroxyl groups is 1. The average Bonchev–Trinajstić information content (AvgIpc) is 2.63. The summed E-state index contributed by atoms with van der Waals surface area (Å²) in [5.74, 6) is 0. The Morgan fingerprint density at radius 2 is 1.68 bits per heavy atom. The van der Waals surface area contributed by atoms with Crippen molar-refractivity contribution in [3.8, 4) is 0 Å². The second kappa shape index (κ2) is 7.20. The zero-order chi connectivity index (χ0) is 19.9. The van der Waals surface area contributed by atoms with Gasteiger partial charge >= 0.3 is 6.18 Å². The Hall–Kier alpha value is -1.85. The SMILES string of the molecule is Cc1ccc(C2(O)CC3CCCC(C2)N3Cc2ccccc2)cc1C(F)(F)F. The van der Waals surface area contributed by atoms with Gasteiger partial charge in [0.25, 0.3) is 0 Å². The predicted molar refractivity (Wildman–Crippen MR) is 103 cm³/mol. The minimum Gasteiger partial charge on any atom is -0.385 e. The molecule has 150 valence electrons. The zero-order valence-corrected chi connectivity index (χ0v) is 16.0. The lowest BCUT2D eigenvalue weighted by Crippen LogP contribution is -2.56. The summed E-state index contributed by atoms with van der Waals surface area (Å²) in [6, 6.07) is 15.0. The monoisotopic (exact) mass is 389 g/mol. The third kappa shape index (κ3) is 3.70. The fraction of sp³-hybridized carbons (Fsp3) is 0.478. The van der Waals surface area contributed by atoms with E-state index in [1.165, 1.54) is 18.6 Å². The summed E-state index contributed by atoms with van der Waals surface area (Å²) >= 11 is 0. The summed E-state index contributed by atoms with van der Waals surface area (Å²) in [6.45, 7) is 2.29. The zero-order valence-electron chi connectivity index (χ0n) is 16.0. The van der Waals surface area contributed by atoms with Crippen LogP contribution in [0.1, 0.15) is 54.4 Å². The van der Waals surface area contributed by atoms with Gasteiger partial charge in [0.15, 0.2) is 0 Å². The molecule has 2 heterocycles. The quantitative estimate of drug-likeness (QED) is 0.758. The Morgan fingerprint density at radius 3 is 2.29 bits per heavy atom. The fourth-order valence-electron chi connectivity index (χ4n) is 5.03.